The Morgan fingerprint density at radius 1 is 1.07 bits per heavy atom. The monoisotopic (exact) mass is 417 g/mol. The molecular weight excluding hydrogens is 394 g/mol. The van der Waals surface area contributed by atoms with Crippen LogP contribution < -0.4 is 4.74 Å². The molecule has 1 saturated heterocycles. The third-order valence-electron chi connectivity index (χ3n) is 4.51. The molecule has 1 heterocycles. The molecule has 0 unspecified atom stereocenters. The van der Waals surface area contributed by atoms with Crippen molar-refractivity contribution in [2.75, 3.05) is 19.7 Å². The predicted molar refractivity (Wildman–Crippen MR) is 109 cm³/mol. The van der Waals surface area contributed by atoms with Crippen LogP contribution in [0.25, 0.3) is 0 Å². The van der Waals surface area contributed by atoms with Gasteiger partial charge in [-0.1, -0.05) is 35.9 Å². The summed E-state index contributed by atoms with van der Waals surface area (Å²) < 4.78 is 16.7. The molecule has 2 aromatic rings. The molecule has 0 aromatic heterocycles. The number of ether oxygens (including phenoxy) is 3. The number of hydrogen-bond donors (Lipinski definition) is 0. The van der Waals surface area contributed by atoms with E-state index in [0.29, 0.717) is 23.9 Å². The van der Waals surface area contributed by atoms with Crippen molar-refractivity contribution in [1.29, 1.82) is 0 Å². The van der Waals surface area contributed by atoms with E-state index in [2.05, 4.69) is 0 Å². The molecule has 0 saturated carbocycles. The average Bonchev–Trinajstić information content (AvgIpc) is 2.71. The van der Waals surface area contributed by atoms with Gasteiger partial charge in [0.2, 0.25) is 0 Å². The molecule has 2 atom stereocenters. The number of rotatable bonds is 6. The second-order valence-electron chi connectivity index (χ2n) is 7.04. The topological polar surface area (TPSA) is 65.1 Å². The summed E-state index contributed by atoms with van der Waals surface area (Å²) in [6.07, 6.45) is -0.0826. The second-order valence-corrected chi connectivity index (χ2v) is 7.48. The summed E-state index contributed by atoms with van der Waals surface area (Å²) in [5.74, 6) is -0.437. The number of para-hydroxylation sites is 1. The molecular formula is C22H24ClNO5. The van der Waals surface area contributed by atoms with Gasteiger partial charge in [0.25, 0.3) is 5.91 Å². The molecule has 6 nitrogen and oxygen atoms in total. The summed E-state index contributed by atoms with van der Waals surface area (Å²) >= 11 is 5.89. The van der Waals surface area contributed by atoms with Crippen molar-refractivity contribution in [2.45, 2.75) is 32.7 Å². The van der Waals surface area contributed by atoms with Crippen molar-refractivity contribution in [3.63, 3.8) is 0 Å². The summed E-state index contributed by atoms with van der Waals surface area (Å²) in [7, 11) is 0. The minimum atomic E-state index is -0.598. The maximum Gasteiger partial charge on any atom is 0.342 e. The van der Waals surface area contributed by atoms with Crippen LogP contribution in [0.2, 0.25) is 5.02 Å². The Labute approximate surface area is 175 Å². The number of benzene rings is 2. The Morgan fingerprint density at radius 3 is 2.41 bits per heavy atom. The summed E-state index contributed by atoms with van der Waals surface area (Å²) in [5, 5.41) is 0.645. The van der Waals surface area contributed by atoms with Crippen molar-refractivity contribution >= 4 is 23.5 Å². The number of carbonyl (C=O) groups excluding carboxylic acids is 2. The van der Waals surface area contributed by atoms with Crippen LogP contribution in [0.4, 0.5) is 0 Å². The maximum atomic E-state index is 12.5. The number of hydrogen-bond acceptors (Lipinski definition) is 5. The molecule has 1 amide bonds. The lowest BCUT2D eigenvalue weighted by Gasteiger charge is -2.35. The average molecular weight is 418 g/mol. The van der Waals surface area contributed by atoms with E-state index in [0.717, 1.165) is 5.56 Å². The van der Waals surface area contributed by atoms with Crippen molar-refractivity contribution in [2.24, 2.45) is 0 Å². The zero-order chi connectivity index (χ0) is 20.8. The van der Waals surface area contributed by atoms with Gasteiger partial charge in [-0.25, -0.2) is 4.79 Å². The van der Waals surface area contributed by atoms with E-state index in [-0.39, 0.29) is 36.9 Å². The van der Waals surface area contributed by atoms with Crippen molar-refractivity contribution in [3.8, 4) is 5.75 Å². The number of esters is 1. The largest absolute Gasteiger partial charge is 0.488 e. The molecule has 154 valence electrons. The molecule has 3 rings (SSSR count). The third kappa shape index (κ3) is 5.95. The Bertz CT molecular complexity index is 845. The quantitative estimate of drug-likeness (QED) is 0.670. The van der Waals surface area contributed by atoms with Gasteiger partial charge in [-0.05, 0) is 43.7 Å². The normalized spacial score (nSPS) is 18.9. The maximum absolute atomic E-state index is 12.5. The van der Waals surface area contributed by atoms with Gasteiger partial charge >= 0.3 is 5.97 Å². The fourth-order valence-corrected chi connectivity index (χ4v) is 3.31. The van der Waals surface area contributed by atoms with Gasteiger partial charge in [-0.2, -0.15) is 0 Å². The van der Waals surface area contributed by atoms with Crippen LogP contribution in [0.5, 0.6) is 5.75 Å². The summed E-state index contributed by atoms with van der Waals surface area (Å²) in [4.78, 5) is 26.6. The Morgan fingerprint density at radius 2 is 1.72 bits per heavy atom. The first kappa shape index (κ1) is 21.1. The second kappa shape index (κ2) is 9.76. The highest BCUT2D eigenvalue weighted by molar-refractivity contribution is 6.30. The first-order valence-electron chi connectivity index (χ1n) is 9.49. The van der Waals surface area contributed by atoms with Crippen molar-refractivity contribution in [1.82, 2.24) is 4.90 Å². The Balaban J connectivity index is 1.58. The minimum Gasteiger partial charge on any atom is -0.488 e. The molecule has 1 fully saturated rings. The Kier molecular flexibility index (Phi) is 7.12. The Hall–Kier alpha value is -2.57. The lowest BCUT2D eigenvalue weighted by atomic mass is 10.2. The van der Waals surface area contributed by atoms with E-state index < -0.39 is 5.97 Å². The van der Waals surface area contributed by atoms with E-state index in [1.807, 2.05) is 26.0 Å². The van der Waals surface area contributed by atoms with Crippen LogP contribution in [0.15, 0.2) is 48.5 Å². The number of nitrogens with zero attached hydrogens (tertiary/aromatic N) is 1. The number of morpholine rings is 1. The molecule has 0 bridgehead atoms. The van der Waals surface area contributed by atoms with Crippen molar-refractivity contribution < 1.29 is 23.8 Å². The molecule has 0 N–H and O–H groups in total. The molecule has 0 aliphatic carbocycles. The van der Waals surface area contributed by atoms with E-state index in [1.54, 1.807) is 41.3 Å². The molecule has 1 aliphatic heterocycles. The molecule has 2 aromatic carbocycles. The van der Waals surface area contributed by atoms with Crippen LogP contribution >= 0.6 is 11.6 Å². The zero-order valence-corrected chi connectivity index (χ0v) is 17.2. The summed E-state index contributed by atoms with van der Waals surface area (Å²) in [6.45, 7) is 4.77. The van der Waals surface area contributed by atoms with Gasteiger partial charge in [-0.3, -0.25) is 4.79 Å². The van der Waals surface area contributed by atoms with Crippen LogP contribution in [0.3, 0.4) is 0 Å². The molecule has 29 heavy (non-hydrogen) atoms. The highest BCUT2D eigenvalue weighted by Gasteiger charge is 2.26. The lowest BCUT2D eigenvalue weighted by molar-refractivity contribution is -0.146. The first-order chi connectivity index (χ1) is 13.9. The molecule has 0 radical (unpaired) electrons. The van der Waals surface area contributed by atoms with Gasteiger partial charge in [0.15, 0.2) is 6.61 Å². The van der Waals surface area contributed by atoms with E-state index in [4.69, 9.17) is 25.8 Å². The van der Waals surface area contributed by atoms with E-state index in [1.165, 1.54) is 0 Å². The van der Waals surface area contributed by atoms with Gasteiger partial charge in [-0.15, -0.1) is 0 Å². The van der Waals surface area contributed by atoms with Gasteiger partial charge < -0.3 is 19.1 Å². The molecule has 1 aliphatic rings. The van der Waals surface area contributed by atoms with E-state index in [9.17, 15) is 9.59 Å². The number of amides is 1. The predicted octanol–water partition coefficient (Wildman–Crippen LogP) is 3.71. The highest BCUT2D eigenvalue weighted by atomic mass is 35.5. The zero-order valence-electron chi connectivity index (χ0n) is 16.5. The van der Waals surface area contributed by atoms with Crippen molar-refractivity contribution in [3.05, 3.63) is 64.7 Å². The summed E-state index contributed by atoms with van der Waals surface area (Å²) in [6, 6.07) is 14.1. The fraction of sp³-hybridized carbons (Fsp3) is 0.364. The van der Waals surface area contributed by atoms with Crippen LogP contribution in [0, 0.1) is 0 Å². The van der Waals surface area contributed by atoms with Gasteiger partial charge in [0.1, 0.15) is 17.9 Å². The number of halogens is 1. The van der Waals surface area contributed by atoms with Crippen LogP contribution in [-0.4, -0.2) is 48.7 Å². The number of carbonyl (C=O) groups is 2. The van der Waals surface area contributed by atoms with E-state index >= 15 is 0 Å². The smallest absolute Gasteiger partial charge is 0.342 e. The standard InChI is InChI=1S/C22H24ClNO5/c1-15-11-24(12-16(2)29-15)21(25)14-28-22(26)19-5-3-4-6-20(19)27-13-17-7-9-18(23)10-8-17/h3-10,15-16H,11-14H2,1-2H3/t15-,16+. The van der Waals surface area contributed by atoms with Crippen LogP contribution in [0.1, 0.15) is 29.8 Å². The van der Waals surface area contributed by atoms with Gasteiger partial charge in [0.05, 0.1) is 12.2 Å². The highest BCUT2D eigenvalue weighted by Crippen LogP contribution is 2.21. The fourth-order valence-electron chi connectivity index (χ4n) is 3.18. The lowest BCUT2D eigenvalue weighted by Crippen LogP contribution is -2.49. The molecule has 0 spiro atoms. The molecule has 7 heteroatoms. The van der Waals surface area contributed by atoms with Crippen LogP contribution in [-0.2, 0) is 20.9 Å². The SMILES string of the molecule is C[C@@H]1CN(C(=O)COC(=O)c2ccccc2OCc2ccc(Cl)cc2)C[C@H](C)O1. The minimum absolute atomic E-state index is 0.0413. The third-order valence-corrected chi connectivity index (χ3v) is 4.77. The first-order valence-corrected chi connectivity index (χ1v) is 9.87. The van der Waals surface area contributed by atoms with Gasteiger partial charge in [0, 0.05) is 18.1 Å². The summed E-state index contributed by atoms with van der Waals surface area (Å²) in [5.41, 5.74) is 1.20.